The van der Waals surface area contributed by atoms with Crippen molar-refractivity contribution in [3.05, 3.63) is 51.6 Å². The largest absolute Gasteiger partial charge is 0.496 e. The fourth-order valence-corrected chi connectivity index (χ4v) is 5.69. The molecule has 1 N–H and O–H groups in total. The van der Waals surface area contributed by atoms with E-state index in [1.807, 2.05) is 14.0 Å². The van der Waals surface area contributed by atoms with E-state index in [2.05, 4.69) is 32.8 Å². The lowest BCUT2D eigenvalue weighted by Gasteiger charge is -2.37. The van der Waals surface area contributed by atoms with Crippen LogP contribution >= 0.6 is 22.6 Å². The van der Waals surface area contributed by atoms with E-state index in [4.69, 9.17) is 4.74 Å². The molecule has 0 bridgehead atoms. The Hall–Kier alpha value is -1.69. The SMILES string of the molecule is COc1ccc(C(=O)Nc2ccc(S(=O)(=O)N3CCN(C)C[C@@H]3C)cc2)cc1I. The highest BCUT2D eigenvalue weighted by atomic mass is 127. The molecule has 1 aliphatic heterocycles. The van der Waals surface area contributed by atoms with E-state index in [1.165, 1.54) is 12.1 Å². The van der Waals surface area contributed by atoms with Gasteiger partial charge in [-0.25, -0.2) is 8.42 Å². The minimum atomic E-state index is -3.57. The molecule has 3 rings (SSSR count). The van der Waals surface area contributed by atoms with Crippen molar-refractivity contribution in [2.45, 2.75) is 17.9 Å². The summed E-state index contributed by atoms with van der Waals surface area (Å²) in [7, 11) is 0.000688. The number of hydrogen-bond acceptors (Lipinski definition) is 5. The number of benzene rings is 2. The van der Waals surface area contributed by atoms with Gasteiger partial charge in [-0.2, -0.15) is 4.31 Å². The number of anilines is 1. The number of piperazine rings is 1. The van der Waals surface area contributed by atoms with Crippen molar-refractivity contribution >= 4 is 44.2 Å². The Labute approximate surface area is 185 Å². The van der Waals surface area contributed by atoms with Crippen molar-refractivity contribution in [2.75, 3.05) is 39.1 Å². The highest BCUT2D eigenvalue weighted by molar-refractivity contribution is 14.1. The molecule has 1 fully saturated rings. The van der Waals surface area contributed by atoms with Gasteiger partial charge in [0, 0.05) is 36.9 Å². The van der Waals surface area contributed by atoms with Crippen molar-refractivity contribution in [1.29, 1.82) is 0 Å². The first-order valence-electron chi connectivity index (χ1n) is 9.17. The Morgan fingerprint density at radius 3 is 2.45 bits per heavy atom. The van der Waals surface area contributed by atoms with Gasteiger partial charge in [-0.3, -0.25) is 4.79 Å². The third-order valence-corrected chi connectivity index (χ3v) is 7.77. The van der Waals surface area contributed by atoms with Crippen LogP contribution in [0.4, 0.5) is 5.69 Å². The van der Waals surface area contributed by atoms with E-state index in [0.29, 0.717) is 36.6 Å². The van der Waals surface area contributed by atoms with E-state index < -0.39 is 10.0 Å². The van der Waals surface area contributed by atoms with Crippen LogP contribution in [0.15, 0.2) is 47.4 Å². The van der Waals surface area contributed by atoms with Crippen LogP contribution < -0.4 is 10.1 Å². The molecule has 156 valence electrons. The van der Waals surface area contributed by atoms with Gasteiger partial charge >= 0.3 is 0 Å². The van der Waals surface area contributed by atoms with Crippen molar-refractivity contribution < 1.29 is 17.9 Å². The lowest BCUT2D eigenvalue weighted by molar-refractivity contribution is 0.102. The molecule has 0 radical (unpaired) electrons. The van der Waals surface area contributed by atoms with Gasteiger partial charge in [0.15, 0.2) is 0 Å². The predicted octanol–water partition coefficient (Wildman–Crippen LogP) is 2.88. The Morgan fingerprint density at radius 1 is 1.17 bits per heavy atom. The van der Waals surface area contributed by atoms with E-state index in [0.717, 1.165) is 3.57 Å². The molecule has 29 heavy (non-hydrogen) atoms. The molecular weight excluding hydrogens is 505 g/mol. The lowest BCUT2D eigenvalue weighted by Crippen LogP contribution is -2.52. The highest BCUT2D eigenvalue weighted by Crippen LogP contribution is 2.24. The third-order valence-electron chi connectivity index (χ3n) is 4.90. The number of carbonyl (C=O) groups excluding carboxylic acids is 1. The smallest absolute Gasteiger partial charge is 0.255 e. The minimum Gasteiger partial charge on any atom is -0.496 e. The molecule has 1 atom stereocenters. The molecule has 1 amide bonds. The summed E-state index contributed by atoms with van der Waals surface area (Å²) in [6, 6.07) is 11.4. The highest BCUT2D eigenvalue weighted by Gasteiger charge is 2.32. The van der Waals surface area contributed by atoms with E-state index in [-0.39, 0.29) is 16.8 Å². The van der Waals surface area contributed by atoms with Gasteiger partial charge in [0.05, 0.1) is 15.6 Å². The number of likely N-dealkylation sites (N-methyl/N-ethyl adjacent to an activating group) is 1. The van der Waals surface area contributed by atoms with E-state index >= 15 is 0 Å². The summed E-state index contributed by atoms with van der Waals surface area (Å²) in [5.74, 6) is 0.434. The number of rotatable bonds is 5. The first-order valence-corrected chi connectivity index (χ1v) is 11.7. The molecule has 2 aromatic carbocycles. The topological polar surface area (TPSA) is 78.9 Å². The zero-order valence-corrected chi connectivity index (χ0v) is 19.5. The molecule has 0 unspecified atom stereocenters. The Balaban J connectivity index is 1.73. The minimum absolute atomic E-state index is 0.0873. The van der Waals surface area contributed by atoms with Crippen molar-refractivity contribution in [3.8, 4) is 5.75 Å². The maximum Gasteiger partial charge on any atom is 0.255 e. The Bertz CT molecular complexity index is 995. The molecule has 1 heterocycles. The number of ether oxygens (including phenoxy) is 1. The molecule has 7 nitrogen and oxygen atoms in total. The number of halogens is 1. The molecule has 1 aliphatic rings. The number of hydrogen-bond donors (Lipinski definition) is 1. The van der Waals surface area contributed by atoms with Crippen LogP contribution in [0.2, 0.25) is 0 Å². The predicted molar refractivity (Wildman–Crippen MR) is 121 cm³/mol. The normalized spacial score (nSPS) is 18.4. The van der Waals surface area contributed by atoms with Gasteiger partial charge in [0.1, 0.15) is 5.75 Å². The molecule has 1 saturated heterocycles. The zero-order chi connectivity index (χ0) is 21.2. The molecule has 9 heteroatoms. The summed E-state index contributed by atoms with van der Waals surface area (Å²) in [5, 5.41) is 2.80. The summed E-state index contributed by atoms with van der Waals surface area (Å²) in [4.78, 5) is 14.8. The second kappa shape index (κ2) is 8.99. The maximum atomic E-state index is 13.0. The van der Waals surface area contributed by atoms with Crippen LogP contribution in [0.1, 0.15) is 17.3 Å². The second-order valence-corrected chi connectivity index (χ2v) is 10.1. The number of sulfonamides is 1. The number of amides is 1. The van der Waals surface area contributed by atoms with Crippen LogP contribution in [0.5, 0.6) is 5.75 Å². The quantitative estimate of drug-likeness (QED) is 0.603. The standard InChI is InChI=1S/C20H24IN3O4S/c1-14-13-23(2)10-11-24(14)29(26,27)17-7-5-16(6-8-17)22-20(25)15-4-9-19(28-3)18(21)12-15/h4-9,12,14H,10-11,13H2,1-3H3,(H,22,25)/t14-/m0/s1. The van der Waals surface area contributed by atoms with Crippen LogP contribution in [0.25, 0.3) is 0 Å². The van der Waals surface area contributed by atoms with Crippen molar-refractivity contribution in [1.82, 2.24) is 9.21 Å². The molecule has 0 aromatic heterocycles. The Morgan fingerprint density at radius 2 is 1.86 bits per heavy atom. The van der Waals surface area contributed by atoms with Crippen LogP contribution in [-0.4, -0.2) is 63.4 Å². The van der Waals surface area contributed by atoms with E-state index in [1.54, 1.807) is 41.7 Å². The van der Waals surface area contributed by atoms with Gasteiger partial charge in [0.2, 0.25) is 10.0 Å². The van der Waals surface area contributed by atoms with Crippen molar-refractivity contribution in [3.63, 3.8) is 0 Å². The van der Waals surface area contributed by atoms with Gasteiger partial charge in [0.25, 0.3) is 5.91 Å². The van der Waals surface area contributed by atoms with Crippen LogP contribution in [0.3, 0.4) is 0 Å². The number of methoxy groups -OCH3 is 1. The first kappa shape index (κ1) is 22.0. The summed E-state index contributed by atoms with van der Waals surface area (Å²) in [6.45, 7) is 3.79. The van der Waals surface area contributed by atoms with Crippen molar-refractivity contribution in [2.24, 2.45) is 0 Å². The number of carbonyl (C=O) groups is 1. The fourth-order valence-electron chi connectivity index (χ4n) is 3.34. The Kier molecular flexibility index (Phi) is 6.82. The average molecular weight is 529 g/mol. The maximum absolute atomic E-state index is 13.0. The van der Waals surface area contributed by atoms with Crippen LogP contribution in [0, 0.1) is 3.57 Å². The molecule has 0 aliphatic carbocycles. The zero-order valence-electron chi connectivity index (χ0n) is 16.6. The van der Waals surface area contributed by atoms with Gasteiger partial charge in [-0.1, -0.05) is 0 Å². The monoisotopic (exact) mass is 529 g/mol. The van der Waals surface area contributed by atoms with E-state index in [9.17, 15) is 13.2 Å². The van der Waals surface area contributed by atoms with Crippen LogP contribution in [-0.2, 0) is 10.0 Å². The lowest BCUT2D eigenvalue weighted by atomic mass is 10.2. The molecule has 0 spiro atoms. The summed E-state index contributed by atoms with van der Waals surface area (Å²) in [5.41, 5.74) is 1.03. The van der Waals surface area contributed by atoms with Gasteiger partial charge < -0.3 is 15.0 Å². The van der Waals surface area contributed by atoms with Gasteiger partial charge in [-0.05, 0) is 79.0 Å². The number of nitrogens with zero attached hydrogens (tertiary/aromatic N) is 2. The van der Waals surface area contributed by atoms with Gasteiger partial charge in [-0.15, -0.1) is 0 Å². The number of nitrogens with one attached hydrogen (secondary N) is 1. The summed E-state index contributed by atoms with van der Waals surface area (Å²) >= 11 is 2.11. The molecule has 2 aromatic rings. The molecule has 0 saturated carbocycles. The third kappa shape index (κ3) is 4.90. The second-order valence-electron chi connectivity index (χ2n) is 7.05. The summed E-state index contributed by atoms with van der Waals surface area (Å²) < 4.78 is 33.5. The summed E-state index contributed by atoms with van der Waals surface area (Å²) in [6.07, 6.45) is 0. The fraction of sp³-hybridized carbons (Fsp3) is 0.350. The first-order chi connectivity index (χ1) is 13.7. The average Bonchev–Trinajstić information content (AvgIpc) is 2.68. The molecular formula is C20H24IN3O4S.